The Labute approximate surface area is 351 Å². The minimum atomic E-state index is -0.253. The predicted octanol–water partition coefficient (Wildman–Crippen LogP) is 5.58. The number of nitrogens with one attached hydrogen (secondary N) is 2. The second-order valence-electron chi connectivity index (χ2n) is 17.7. The number of aryl methyl sites for hydroxylation is 1. The van der Waals surface area contributed by atoms with Crippen LogP contribution in [0.3, 0.4) is 0 Å². The van der Waals surface area contributed by atoms with Crippen molar-refractivity contribution in [3.05, 3.63) is 75.8 Å². The Morgan fingerprint density at radius 2 is 1.45 bits per heavy atom. The molecule has 14 nitrogen and oxygen atoms in total. The first kappa shape index (κ1) is 40.2. The zero-order chi connectivity index (χ0) is 41.3. The van der Waals surface area contributed by atoms with Crippen LogP contribution >= 0.6 is 0 Å². The summed E-state index contributed by atoms with van der Waals surface area (Å²) in [6.45, 7) is 12.7. The van der Waals surface area contributed by atoms with Crippen LogP contribution in [0.1, 0.15) is 105 Å². The normalized spacial score (nSPS) is 23.6. The Morgan fingerprint density at radius 3 is 2.12 bits per heavy atom. The highest BCUT2D eigenvalue weighted by molar-refractivity contribution is 6.01. The molecule has 4 aromatic rings. The van der Waals surface area contributed by atoms with E-state index in [0.717, 1.165) is 101 Å². The van der Waals surface area contributed by atoms with Gasteiger partial charge in [-0.25, -0.2) is 9.97 Å². The third-order valence-electron chi connectivity index (χ3n) is 14.0. The van der Waals surface area contributed by atoms with E-state index in [9.17, 15) is 19.2 Å². The molecule has 2 saturated carbocycles. The molecular weight excluding hydrogens is 757 g/mol. The van der Waals surface area contributed by atoms with Crippen molar-refractivity contribution in [2.75, 3.05) is 74.0 Å². The van der Waals surface area contributed by atoms with E-state index in [1.807, 2.05) is 19.2 Å². The molecular formula is C46H58N10O4. The topological polar surface area (TPSA) is 149 Å². The number of benzene rings is 1. The molecule has 0 spiro atoms. The highest BCUT2D eigenvalue weighted by Crippen LogP contribution is 2.34. The van der Waals surface area contributed by atoms with Crippen molar-refractivity contribution in [3.63, 3.8) is 0 Å². The maximum atomic E-state index is 13.6. The summed E-state index contributed by atoms with van der Waals surface area (Å²) in [7, 11) is 0. The molecule has 5 fully saturated rings. The van der Waals surface area contributed by atoms with E-state index in [1.54, 1.807) is 10.8 Å². The fourth-order valence-corrected chi connectivity index (χ4v) is 10.6. The van der Waals surface area contributed by atoms with Gasteiger partial charge in [0.2, 0.25) is 17.8 Å². The van der Waals surface area contributed by atoms with Crippen LogP contribution in [0.5, 0.6) is 0 Å². The van der Waals surface area contributed by atoms with E-state index in [-0.39, 0.29) is 40.7 Å². The van der Waals surface area contributed by atoms with Crippen LogP contribution in [0.4, 0.5) is 23.1 Å². The molecule has 2 amide bonds. The van der Waals surface area contributed by atoms with Crippen LogP contribution in [0.15, 0.2) is 53.6 Å². The second kappa shape index (κ2) is 17.4. The Balaban J connectivity index is 0.722. The minimum Gasteiger partial charge on any atom is -0.369 e. The van der Waals surface area contributed by atoms with E-state index in [0.29, 0.717) is 41.9 Å². The molecule has 2 aliphatic carbocycles. The molecule has 3 aliphatic heterocycles. The van der Waals surface area contributed by atoms with Crippen molar-refractivity contribution in [2.45, 2.75) is 96.1 Å². The van der Waals surface area contributed by atoms with Crippen LogP contribution in [0, 0.1) is 12.8 Å². The van der Waals surface area contributed by atoms with E-state index < -0.39 is 0 Å². The number of hydrogen-bond acceptors (Lipinski definition) is 12. The maximum absolute atomic E-state index is 13.6. The number of anilines is 4. The summed E-state index contributed by atoms with van der Waals surface area (Å²) in [5.74, 6) is 0.963. The number of carbonyl (C=O) groups excluding carboxylic acids is 3. The molecule has 1 aromatic carbocycles. The minimum absolute atomic E-state index is 0.0295. The standard InChI is InChI=1S/C46H58N10O4/c1-30-39-28-48-46(51-43(39)56(36-5-3-4-6-36)45(60)42(30)31(2)57)49-40-17-15-37(27-47-40)55-21-19-52(20-22-55)29-32-7-11-34(12-8-32)53-23-25-54(26-24-53)35-13-9-33(10-14-35)38-16-18-41(58)50-44(38)59/h9-10,13-15,17,27-28,32,34,36,38H,3-8,11-12,16,18-26,29H2,1-2H3,(H,50,58,59)(H,47,48,49,51). The van der Waals surface area contributed by atoms with E-state index in [4.69, 9.17) is 9.97 Å². The largest absolute Gasteiger partial charge is 0.369 e. The molecule has 14 heteroatoms. The number of rotatable bonds is 10. The first-order valence-corrected chi connectivity index (χ1v) is 22.2. The van der Waals surface area contributed by atoms with Crippen molar-refractivity contribution in [1.82, 2.24) is 34.6 Å². The van der Waals surface area contributed by atoms with Crippen LogP contribution < -0.4 is 26.0 Å². The molecule has 6 heterocycles. The van der Waals surface area contributed by atoms with E-state index in [1.165, 1.54) is 44.8 Å². The molecule has 316 valence electrons. The first-order chi connectivity index (χ1) is 29.2. The van der Waals surface area contributed by atoms with Gasteiger partial charge in [0.15, 0.2) is 5.78 Å². The second-order valence-corrected chi connectivity index (χ2v) is 17.7. The quantitative estimate of drug-likeness (QED) is 0.152. The van der Waals surface area contributed by atoms with Crippen LogP contribution in [0.2, 0.25) is 0 Å². The van der Waals surface area contributed by atoms with E-state index in [2.05, 4.69) is 65.5 Å². The SMILES string of the molecule is CC(=O)c1c(C)c2cnc(Nc3ccc(N4CCN(CC5CCC(N6CCN(c7ccc(C8CCC(=O)NC8=O)cc7)CC6)CC5)CC4)cn3)nc2n(C2CCCC2)c1=O. The number of Topliss-reactive ketones (excluding diaryl/α,β-unsaturated/α-hetero) is 1. The Bertz CT molecular complexity index is 2270. The van der Waals surface area contributed by atoms with Gasteiger partial charge in [0.1, 0.15) is 11.5 Å². The summed E-state index contributed by atoms with van der Waals surface area (Å²) in [4.78, 5) is 74.3. The summed E-state index contributed by atoms with van der Waals surface area (Å²) in [5.41, 5.74) is 4.49. The van der Waals surface area contributed by atoms with Crippen LogP contribution in [0.25, 0.3) is 11.0 Å². The molecule has 1 atom stereocenters. The Hall–Kier alpha value is -5.21. The number of hydrogen-bond donors (Lipinski definition) is 2. The number of amides is 2. The molecule has 0 radical (unpaired) electrons. The summed E-state index contributed by atoms with van der Waals surface area (Å²) in [6.07, 6.45) is 13.7. The fourth-order valence-electron chi connectivity index (χ4n) is 10.6. The van der Waals surface area contributed by atoms with Gasteiger partial charge in [0.25, 0.3) is 5.56 Å². The van der Waals surface area contributed by atoms with Gasteiger partial charge in [-0.05, 0) is 100 Å². The lowest BCUT2D eigenvalue weighted by atomic mass is 9.84. The molecule has 2 N–H and O–H groups in total. The van der Waals surface area contributed by atoms with Gasteiger partial charge in [0.05, 0.1) is 23.4 Å². The van der Waals surface area contributed by atoms with Gasteiger partial charge in [-0.2, -0.15) is 4.98 Å². The fraction of sp³-hybridized carbons (Fsp3) is 0.543. The predicted molar refractivity (Wildman–Crippen MR) is 233 cm³/mol. The molecule has 3 aromatic heterocycles. The maximum Gasteiger partial charge on any atom is 0.263 e. The third-order valence-corrected chi connectivity index (χ3v) is 14.0. The molecule has 5 aliphatic rings. The zero-order valence-corrected chi connectivity index (χ0v) is 35.1. The van der Waals surface area contributed by atoms with Crippen LogP contribution in [-0.4, -0.2) is 112 Å². The Kier molecular flexibility index (Phi) is 11.7. The lowest BCUT2D eigenvalue weighted by Crippen LogP contribution is -2.52. The van der Waals surface area contributed by atoms with Crippen molar-refractivity contribution in [3.8, 4) is 0 Å². The average molecular weight is 815 g/mol. The zero-order valence-electron chi connectivity index (χ0n) is 35.1. The summed E-state index contributed by atoms with van der Waals surface area (Å²) >= 11 is 0. The lowest BCUT2D eigenvalue weighted by molar-refractivity contribution is -0.134. The van der Waals surface area contributed by atoms with Crippen molar-refractivity contribution >= 4 is 51.8 Å². The van der Waals surface area contributed by atoms with Gasteiger partial charge in [0, 0.05) is 94.7 Å². The molecule has 60 heavy (non-hydrogen) atoms. The smallest absolute Gasteiger partial charge is 0.263 e. The summed E-state index contributed by atoms with van der Waals surface area (Å²) < 4.78 is 1.74. The van der Waals surface area contributed by atoms with Gasteiger partial charge in [-0.1, -0.05) is 25.0 Å². The highest BCUT2D eigenvalue weighted by atomic mass is 16.2. The molecule has 0 bridgehead atoms. The Morgan fingerprint density at radius 1 is 0.767 bits per heavy atom. The first-order valence-electron chi connectivity index (χ1n) is 22.2. The van der Waals surface area contributed by atoms with E-state index >= 15 is 0 Å². The van der Waals surface area contributed by atoms with Gasteiger partial charge in [-0.15, -0.1) is 0 Å². The summed E-state index contributed by atoms with van der Waals surface area (Å²) in [5, 5.41) is 6.46. The van der Waals surface area contributed by atoms with Gasteiger partial charge >= 0.3 is 0 Å². The van der Waals surface area contributed by atoms with Gasteiger partial charge < -0.3 is 15.1 Å². The monoisotopic (exact) mass is 814 g/mol. The summed E-state index contributed by atoms with van der Waals surface area (Å²) in [6, 6.07) is 13.2. The third kappa shape index (κ3) is 8.41. The molecule has 3 saturated heterocycles. The molecule has 9 rings (SSSR count). The number of aromatic nitrogens is 4. The number of carbonyl (C=O) groups is 3. The highest BCUT2D eigenvalue weighted by Gasteiger charge is 2.32. The number of nitrogens with zero attached hydrogens (tertiary/aromatic N) is 8. The number of pyridine rings is 2. The van der Waals surface area contributed by atoms with Crippen molar-refractivity contribution < 1.29 is 14.4 Å². The number of fused-ring (bicyclic) bond motifs is 1. The number of imide groups is 1. The van der Waals surface area contributed by atoms with Crippen molar-refractivity contribution in [1.29, 1.82) is 0 Å². The number of piperazine rings is 2. The van der Waals surface area contributed by atoms with Crippen LogP contribution in [-0.2, 0) is 9.59 Å². The average Bonchev–Trinajstić information content (AvgIpc) is 3.79. The van der Waals surface area contributed by atoms with Gasteiger partial charge in [-0.3, -0.25) is 38.9 Å². The number of ketones is 1. The lowest BCUT2D eigenvalue weighted by Gasteiger charge is -2.43. The molecule has 1 unspecified atom stereocenters. The number of piperidine rings is 1. The van der Waals surface area contributed by atoms with Crippen molar-refractivity contribution in [2.24, 2.45) is 5.92 Å².